The van der Waals surface area contributed by atoms with Crippen LogP contribution >= 0.6 is 23.2 Å². The normalized spacial score (nSPS) is 21.6. The second-order valence-corrected chi connectivity index (χ2v) is 6.86. The van der Waals surface area contributed by atoms with E-state index in [-0.39, 0.29) is 24.5 Å². The van der Waals surface area contributed by atoms with E-state index in [0.717, 1.165) is 13.1 Å². The molecule has 0 N–H and O–H groups in total. The first-order chi connectivity index (χ1) is 11.5. The lowest BCUT2D eigenvalue weighted by molar-refractivity contribution is -0.148. The molecule has 0 bridgehead atoms. The van der Waals surface area contributed by atoms with Gasteiger partial charge < -0.3 is 14.5 Å². The maximum absolute atomic E-state index is 12.4. The van der Waals surface area contributed by atoms with Gasteiger partial charge in [-0.3, -0.25) is 14.5 Å². The van der Waals surface area contributed by atoms with Gasteiger partial charge in [-0.05, 0) is 18.2 Å². The Kier molecular flexibility index (Phi) is 5.18. The van der Waals surface area contributed by atoms with E-state index in [1.807, 2.05) is 0 Å². The van der Waals surface area contributed by atoms with Crippen LogP contribution in [0.25, 0.3) is 0 Å². The molecule has 0 radical (unpaired) electrons. The summed E-state index contributed by atoms with van der Waals surface area (Å²) in [5.41, 5.74) is 0. The zero-order valence-corrected chi connectivity index (χ0v) is 14.9. The fraction of sp³-hybridized carbons (Fsp3) is 0.500. The number of piperazine rings is 2. The topological polar surface area (TPSA) is 53.1 Å². The van der Waals surface area contributed by atoms with Crippen molar-refractivity contribution in [3.8, 4) is 5.75 Å². The summed E-state index contributed by atoms with van der Waals surface area (Å²) in [5, 5.41) is 0.874. The Hall–Kier alpha value is -1.50. The Balaban J connectivity index is 1.58. The molecule has 130 valence electrons. The average molecular weight is 372 g/mol. The van der Waals surface area contributed by atoms with Crippen LogP contribution in [0.1, 0.15) is 0 Å². The molecule has 2 aliphatic heterocycles. The predicted octanol–water partition coefficient (Wildman–Crippen LogP) is 1.36. The van der Waals surface area contributed by atoms with Gasteiger partial charge in [0.05, 0.1) is 5.02 Å². The number of fused-ring (bicyclic) bond motifs is 1. The number of nitrogens with zero attached hydrogens (tertiary/aromatic N) is 3. The quantitative estimate of drug-likeness (QED) is 0.804. The van der Waals surface area contributed by atoms with E-state index in [4.69, 9.17) is 27.9 Å². The minimum Gasteiger partial charge on any atom is -0.482 e. The van der Waals surface area contributed by atoms with Crippen molar-refractivity contribution in [1.82, 2.24) is 14.7 Å². The highest BCUT2D eigenvalue weighted by Crippen LogP contribution is 2.27. The van der Waals surface area contributed by atoms with E-state index in [2.05, 4.69) is 4.90 Å². The molecule has 2 amide bonds. The number of halogens is 2. The molecule has 1 unspecified atom stereocenters. The zero-order chi connectivity index (χ0) is 17.3. The number of carbonyl (C=O) groups is 2. The highest BCUT2D eigenvalue weighted by atomic mass is 35.5. The summed E-state index contributed by atoms with van der Waals surface area (Å²) in [7, 11) is 1.80. The lowest BCUT2D eigenvalue weighted by Gasteiger charge is -2.45. The summed E-state index contributed by atoms with van der Waals surface area (Å²) in [6, 6.07) is 4.61. The molecule has 6 nitrogen and oxygen atoms in total. The highest BCUT2D eigenvalue weighted by Gasteiger charge is 2.38. The van der Waals surface area contributed by atoms with Crippen LogP contribution in [0, 0.1) is 0 Å². The molecule has 3 rings (SSSR count). The van der Waals surface area contributed by atoms with Crippen molar-refractivity contribution < 1.29 is 14.3 Å². The summed E-state index contributed by atoms with van der Waals surface area (Å²) < 4.78 is 5.50. The predicted molar refractivity (Wildman–Crippen MR) is 91.5 cm³/mol. The summed E-state index contributed by atoms with van der Waals surface area (Å²) in [4.78, 5) is 30.2. The van der Waals surface area contributed by atoms with Gasteiger partial charge in [-0.1, -0.05) is 23.2 Å². The number of hydrogen-bond donors (Lipinski definition) is 0. The summed E-state index contributed by atoms with van der Waals surface area (Å²) >= 11 is 11.9. The molecule has 0 aromatic heterocycles. The number of rotatable bonds is 3. The van der Waals surface area contributed by atoms with Crippen molar-refractivity contribution in [2.45, 2.75) is 6.04 Å². The SMILES string of the molecule is CN1CCN2CCN(C(=O)COc3ccc(Cl)cc3Cl)CC2C1=O. The van der Waals surface area contributed by atoms with Crippen LogP contribution in [0.4, 0.5) is 0 Å². The van der Waals surface area contributed by atoms with Gasteiger partial charge >= 0.3 is 0 Å². The van der Waals surface area contributed by atoms with Crippen LogP contribution in [0.3, 0.4) is 0 Å². The largest absolute Gasteiger partial charge is 0.482 e. The Bertz CT molecular complexity index is 655. The van der Waals surface area contributed by atoms with Crippen molar-refractivity contribution in [3.05, 3.63) is 28.2 Å². The second-order valence-electron chi connectivity index (χ2n) is 6.01. The average Bonchev–Trinajstić information content (AvgIpc) is 2.57. The highest BCUT2D eigenvalue weighted by molar-refractivity contribution is 6.35. The third-order valence-corrected chi connectivity index (χ3v) is 5.00. The van der Waals surface area contributed by atoms with Gasteiger partial charge in [-0.25, -0.2) is 0 Å². The summed E-state index contributed by atoms with van der Waals surface area (Å²) in [6.07, 6.45) is 0. The van der Waals surface area contributed by atoms with Gasteiger partial charge in [0.2, 0.25) is 5.91 Å². The molecule has 8 heteroatoms. The van der Waals surface area contributed by atoms with E-state index in [1.54, 1.807) is 35.0 Å². The first-order valence-electron chi connectivity index (χ1n) is 7.80. The Labute approximate surface area is 150 Å². The van der Waals surface area contributed by atoms with Gasteiger partial charge in [0.15, 0.2) is 6.61 Å². The standard InChI is InChI=1S/C16H19Cl2N3O3/c1-19-4-5-20-6-7-21(9-13(20)16(19)23)15(22)10-24-14-3-2-11(17)8-12(14)18/h2-3,8,13H,4-7,9-10H2,1H3. The minimum atomic E-state index is -0.249. The fourth-order valence-electron chi connectivity index (χ4n) is 3.02. The summed E-state index contributed by atoms with van der Waals surface area (Å²) in [6.45, 7) is 3.19. The Morgan fingerprint density at radius 3 is 2.75 bits per heavy atom. The molecule has 0 saturated carbocycles. The van der Waals surface area contributed by atoms with E-state index < -0.39 is 0 Å². The number of hydrogen-bond acceptors (Lipinski definition) is 4. The van der Waals surface area contributed by atoms with Crippen LogP contribution < -0.4 is 4.74 Å². The van der Waals surface area contributed by atoms with Crippen LogP contribution in [0.2, 0.25) is 10.0 Å². The number of ether oxygens (including phenoxy) is 1. The van der Waals surface area contributed by atoms with Crippen molar-refractivity contribution >= 4 is 35.0 Å². The van der Waals surface area contributed by atoms with Gasteiger partial charge in [-0.2, -0.15) is 0 Å². The number of likely N-dealkylation sites (N-methyl/N-ethyl adjacent to an activating group) is 1. The van der Waals surface area contributed by atoms with Crippen LogP contribution in [-0.4, -0.2) is 78.9 Å². The zero-order valence-electron chi connectivity index (χ0n) is 13.4. The third kappa shape index (κ3) is 3.61. The third-order valence-electron chi connectivity index (χ3n) is 4.47. The Morgan fingerprint density at radius 2 is 2.00 bits per heavy atom. The minimum absolute atomic E-state index is 0.0698. The monoisotopic (exact) mass is 371 g/mol. The number of carbonyl (C=O) groups excluding carboxylic acids is 2. The van der Waals surface area contributed by atoms with Crippen LogP contribution in [0.15, 0.2) is 18.2 Å². The van der Waals surface area contributed by atoms with E-state index >= 15 is 0 Å². The summed E-state index contributed by atoms with van der Waals surface area (Å²) in [5.74, 6) is 0.337. The molecule has 1 atom stereocenters. The van der Waals surface area contributed by atoms with Crippen molar-refractivity contribution in [1.29, 1.82) is 0 Å². The van der Waals surface area contributed by atoms with Crippen molar-refractivity contribution in [2.24, 2.45) is 0 Å². The molecule has 2 fully saturated rings. The molecular weight excluding hydrogens is 353 g/mol. The first-order valence-corrected chi connectivity index (χ1v) is 8.56. The van der Waals surface area contributed by atoms with E-state index in [1.165, 1.54) is 0 Å². The maximum Gasteiger partial charge on any atom is 0.260 e. The smallest absolute Gasteiger partial charge is 0.260 e. The first kappa shape index (κ1) is 17.3. The van der Waals surface area contributed by atoms with Crippen molar-refractivity contribution in [3.63, 3.8) is 0 Å². The van der Waals surface area contributed by atoms with Crippen LogP contribution in [0.5, 0.6) is 5.75 Å². The lowest BCUT2D eigenvalue weighted by atomic mass is 10.1. The number of benzene rings is 1. The van der Waals surface area contributed by atoms with Gasteiger partial charge in [0.1, 0.15) is 11.8 Å². The van der Waals surface area contributed by atoms with E-state index in [9.17, 15) is 9.59 Å². The second kappa shape index (κ2) is 7.17. The fourth-order valence-corrected chi connectivity index (χ4v) is 3.48. The molecule has 1 aromatic rings. The number of amides is 2. The molecule has 0 spiro atoms. The molecule has 1 aromatic carbocycles. The van der Waals surface area contributed by atoms with Crippen molar-refractivity contribution in [2.75, 3.05) is 46.4 Å². The molecule has 2 saturated heterocycles. The lowest BCUT2D eigenvalue weighted by Crippen LogP contribution is -2.64. The molecular formula is C16H19Cl2N3O3. The van der Waals surface area contributed by atoms with E-state index in [0.29, 0.717) is 35.4 Å². The van der Waals surface area contributed by atoms with Gasteiger partial charge in [0, 0.05) is 44.8 Å². The molecule has 24 heavy (non-hydrogen) atoms. The molecule has 2 aliphatic rings. The Morgan fingerprint density at radius 1 is 1.25 bits per heavy atom. The molecule has 0 aliphatic carbocycles. The van der Waals surface area contributed by atoms with Gasteiger partial charge in [0.25, 0.3) is 5.91 Å². The van der Waals surface area contributed by atoms with Crippen LogP contribution in [-0.2, 0) is 9.59 Å². The maximum atomic E-state index is 12.4. The molecule has 2 heterocycles. The van der Waals surface area contributed by atoms with Gasteiger partial charge in [-0.15, -0.1) is 0 Å².